The summed E-state index contributed by atoms with van der Waals surface area (Å²) in [5.74, 6) is 0.149. The third-order valence-electron chi connectivity index (χ3n) is 2.23. The summed E-state index contributed by atoms with van der Waals surface area (Å²) in [5, 5.41) is 19.6. The lowest BCUT2D eigenvalue weighted by atomic mass is 10.2. The quantitative estimate of drug-likeness (QED) is 0.546. The highest BCUT2D eigenvalue weighted by Gasteiger charge is 2.22. The third-order valence-corrected chi connectivity index (χ3v) is 3.88. The average molecular weight is 376 g/mol. The van der Waals surface area contributed by atoms with Crippen LogP contribution >= 0.6 is 34.4 Å². The van der Waals surface area contributed by atoms with Gasteiger partial charge >= 0.3 is 0 Å². The number of ether oxygens (including phenoxy) is 1. The third kappa shape index (κ3) is 2.61. The number of halogens is 1. The molecule has 18 heavy (non-hydrogen) atoms. The van der Waals surface area contributed by atoms with Gasteiger partial charge in [0.05, 0.1) is 15.6 Å². The molecule has 1 aromatic carbocycles. The summed E-state index contributed by atoms with van der Waals surface area (Å²) in [5.41, 5.74) is 0.737. The van der Waals surface area contributed by atoms with Crippen LogP contribution in [0.15, 0.2) is 17.0 Å². The van der Waals surface area contributed by atoms with E-state index in [1.54, 1.807) is 18.2 Å². The van der Waals surface area contributed by atoms with Gasteiger partial charge in [-0.2, -0.15) is 0 Å². The number of hydrogen-bond acceptors (Lipinski definition) is 5. The Hall–Kier alpha value is -1.22. The maximum absolute atomic E-state index is 11.5. The number of benzene rings is 1. The summed E-state index contributed by atoms with van der Waals surface area (Å²) in [4.78, 5) is 11.9. The SMILES string of the molecule is COc1cc(/C=C2\SC(=N)NC2=O)cc(I)c1O. The van der Waals surface area contributed by atoms with Crippen LogP contribution in [0.2, 0.25) is 0 Å². The molecule has 94 valence electrons. The number of thioether (sulfide) groups is 1. The molecule has 1 aliphatic rings. The van der Waals surface area contributed by atoms with Crippen molar-refractivity contribution in [2.45, 2.75) is 0 Å². The van der Waals surface area contributed by atoms with Gasteiger partial charge in [-0.05, 0) is 58.1 Å². The van der Waals surface area contributed by atoms with Crippen LogP contribution in [-0.4, -0.2) is 23.3 Å². The van der Waals surface area contributed by atoms with E-state index in [-0.39, 0.29) is 16.8 Å². The molecule has 2 rings (SSSR count). The molecule has 7 heteroatoms. The van der Waals surface area contributed by atoms with Crippen LogP contribution in [0.1, 0.15) is 5.56 Å². The second-order valence-corrected chi connectivity index (χ2v) is 5.66. The molecule has 1 amide bonds. The fourth-order valence-electron chi connectivity index (χ4n) is 1.43. The van der Waals surface area contributed by atoms with Crippen LogP contribution in [0.3, 0.4) is 0 Å². The van der Waals surface area contributed by atoms with E-state index in [4.69, 9.17) is 10.1 Å². The van der Waals surface area contributed by atoms with Crippen molar-refractivity contribution < 1.29 is 14.6 Å². The number of phenolic OH excluding ortho intramolecular Hbond substituents is 1. The predicted octanol–water partition coefficient (Wildman–Crippen LogP) is 2.14. The summed E-state index contributed by atoms with van der Waals surface area (Å²) >= 11 is 3.06. The van der Waals surface area contributed by atoms with E-state index in [1.807, 2.05) is 22.6 Å². The molecule has 1 aliphatic heterocycles. The van der Waals surface area contributed by atoms with E-state index >= 15 is 0 Å². The number of aromatic hydroxyl groups is 1. The van der Waals surface area contributed by atoms with Crippen LogP contribution in [0.5, 0.6) is 11.5 Å². The number of nitrogens with one attached hydrogen (secondary N) is 2. The molecule has 0 unspecified atom stereocenters. The topological polar surface area (TPSA) is 82.4 Å². The second kappa shape index (κ2) is 5.19. The van der Waals surface area contributed by atoms with Gasteiger partial charge in [0, 0.05) is 0 Å². The minimum absolute atomic E-state index is 0.0801. The van der Waals surface area contributed by atoms with Gasteiger partial charge in [-0.1, -0.05) is 0 Å². The Labute approximate surface area is 121 Å². The number of rotatable bonds is 2. The Bertz CT molecular complexity index is 572. The molecule has 0 radical (unpaired) electrons. The van der Waals surface area contributed by atoms with Crippen molar-refractivity contribution in [3.05, 3.63) is 26.2 Å². The minimum Gasteiger partial charge on any atom is -0.504 e. The van der Waals surface area contributed by atoms with Crippen molar-refractivity contribution in [3.8, 4) is 11.5 Å². The largest absolute Gasteiger partial charge is 0.504 e. The zero-order valence-corrected chi connectivity index (χ0v) is 12.3. The smallest absolute Gasteiger partial charge is 0.264 e. The summed E-state index contributed by atoms with van der Waals surface area (Å²) < 4.78 is 5.68. The van der Waals surface area contributed by atoms with E-state index in [2.05, 4.69) is 5.32 Å². The van der Waals surface area contributed by atoms with Gasteiger partial charge in [0.25, 0.3) is 5.91 Å². The first kappa shape index (κ1) is 13.2. The molecule has 3 N–H and O–H groups in total. The molecule has 0 aromatic heterocycles. The van der Waals surface area contributed by atoms with Gasteiger partial charge in [0.15, 0.2) is 16.7 Å². The van der Waals surface area contributed by atoms with Crippen LogP contribution < -0.4 is 10.1 Å². The summed E-state index contributed by atoms with van der Waals surface area (Å²) in [7, 11) is 1.47. The van der Waals surface area contributed by atoms with Crippen molar-refractivity contribution >= 4 is 51.5 Å². The highest BCUT2D eigenvalue weighted by Crippen LogP contribution is 2.34. The lowest BCUT2D eigenvalue weighted by Crippen LogP contribution is -2.18. The van der Waals surface area contributed by atoms with Gasteiger partial charge in [-0.25, -0.2) is 0 Å². The Morgan fingerprint density at radius 2 is 2.28 bits per heavy atom. The van der Waals surface area contributed by atoms with Crippen molar-refractivity contribution in [1.29, 1.82) is 5.41 Å². The Morgan fingerprint density at radius 1 is 1.56 bits per heavy atom. The van der Waals surface area contributed by atoms with Crippen molar-refractivity contribution in [2.24, 2.45) is 0 Å². The molecule has 0 spiro atoms. The number of carbonyl (C=O) groups is 1. The molecular formula is C11H9IN2O3S. The molecule has 1 aromatic rings. The predicted molar refractivity (Wildman–Crippen MR) is 78.8 cm³/mol. The summed E-state index contributed by atoms with van der Waals surface area (Å²) in [6.45, 7) is 0. The second-order valence-electron chi connectivity index (χ2n) is 3.45. The van der Waals surface area contributed by atoms with E-state index in [0.717, 1.165) is 17.3 Å². The standard InChI is InChI=1S/C11H9IN2O3S/c1-17-7-3-5(2-6(12)9(7)15)4-8-10(16)14-11(13)18-8/h2-4,15H,1H3,(H2,13,14,16)/b8-4-. The molecule has 1 saturated heterocycles. The number of carbonyl (C=O) groups excluding carboxylic acids is 1. The fourth-order valence-corrected chi connectivity index (χ4v) is 2.75. The molecule has 1 heterocycles. The van der Waals surface area contributed by atoms with Crippen LogP contribution in [0.4, 0.5) is 0 Å². The molecule has 0 saturated carbocycles. The first-order valence-corrected chi connectivity index (χ1v) is 6.76. The fraction of sp³-hybridized carbons (Fsp3) is 0.0909. The number of amidine groups is 1. The van der Waals surface area contributed by atoms with Gasteiger partial charge in [0.1, 0.15) is 0 Å². The van der Waals surface area contributed by atoms with Crippen molar-refractivity contribution in [2.75, 3.05) is 7.11 Å². The number of amides is 1. The van der Waals surface area contributed by atoms with E-state index in [0.29, 0.717) is 14.2 Å². The van der Waals surface area contributed by atoms with Crippen molar-refractivity contribution in [3.63, 3.8) is 0 Å². The zero-order valence-electron chi connectivity index (χ0n) is 9.28. The monoisotopic (exact) mass is 376 g/mol. The summed E-state index contributed by atoms with van der Waals surface area (Å²) in [6, 6.07) is 3.38. The van der Waals surface area contributed by atoms with Crippen LogP contribution in [-0.2, 0) is 4.79 Å². The lowest BCUT2D eigenvalue weighted by Gasteiger charge is -2.06. The van der Waals surface area contributed by atoms with E-state index in [1.165, 1.54) is 7.11 Å². The number of phenols is 1. The van der Waals surface area contributed by atoms with Gasteiger partial charge < -0.3 is 15.2 Å². The van der Waals surface area contributed by atoms with Gasteiger partial charge in [-0.3, -0.25) is 10.2 Å². The Kier molecular flexibility index (Phi) is 3.81. The highest BCUT2D eigenvalue weighted by molar-refractivity contribution is 14.1. The Balaban J connectivity index is 2.41. The first-order valence-electron chi connectivity index (χ1n) is 4.87. The minimum atomic E-state index is -0.285. The maximum atomic E-state index is 11.5. The van der Waals surface area contributed by atoms with Crippen molar-refractivity contribution in [1.82, 2.24) is 5.32 Å². The molecule has 1 fully saturated rings. The van der Waals surface area contributed by atoms with Gasteiger partial charge in [0.2, 0.25) is 0 Å². The normalized spacial score (nSPS) is 17.1. The lowest BCUT2D eigenvalue weighted by molar-refractivity contribution is -0.115. The van der Waals surface area contributed by atoms with E-state index in [9.17, 15) is 9.90 Å². The number of methoxy groups -OCH3 is 1. The van der Waals surface area contributed by atoms with Crippen LogP contribution in [0.25, 0.3) is 6.08 Å². The van der Waals surface area contributed by atoms with Crippen LogP contribution in [0, 0.1) is 8.98 Å². The molecular weight excluding hydrogens is 367 g/mol. The first-order chi connectivity index (χ1) is 8.51. The maximum Gasteiger partial charge on any atom is 0.264 e. The molecule has 0 atom stereocenters. The Morgan fingerprint density at radius 3 is 2.83 bits per heavy atom. The molecule has 0 bridgehead atoms. The van der Waals surface area contributed by atoms with Gasteiger partial charge in [-0.15, -0.1) is 0 Å². The molecule has 5 nitrogen and oxygen atoms in total. The average Bonchev–Trinajstić information content (AvgIpc) is 2.62. The summed E-state index contributed by atoms with van der Waals surface area (Å²) in [6.07, 6.45) is 1.66. The van der Waals surface area contributed by atoms with E-state index < -0.39 is 0 Å². The highest BCUT2D eigenvalue weighted by atomic mass is 127. The zero-order chi connectivity index (χ0) is 13.3. The number of hydrogen-bond donors (Lipinski definition) is 3. The molecule has 0 aliphatic carbocycles.